The quantitative estimate of drug-likeness (QED) is 0.840. The number of aromatic nitrogens is 1. The summed E-state index contributed by atoms with van der Waals surface area (Å²) in [6, 6.07) is 10.3. The van der Waals surface area contributed by atoms with E-state index in [-0.39, 0.29) is 0 Å². The zero-order valence-electron chi connectivity index (χ0n) is 12.8. The van der Waals surface area contributed by atoms with Crippen molar-refractivity contribution in [2.24, 2.45) is 0 Å². The Labute approximate surface area is 133 Å². The van der Waals surface area contributed by atoms with Crippen LogP contribution in [0.4, 0.5) is 24.7 Å². The van der Waals surface area contributed by atoms with Crippen molar-refractivity contribution in [2.45, 2.75) is 13.1 Å². The molecule has 6 heteroatoms. The third-order valence-electron chi connectivity index (χ3n) is 4.13. The zero-order valence-corrected chi connectivity index (χ0v) is 12.8. The average Bonchev–Trinajstić information content (AvgIpc) is 2.55. The summed E-state index contributed by atoms with van der Waals surface area (Å²) in [7, 11) is 0. The van der Waals surface area contributed by atoms with E-state index in [2.05, 4.69) is 28.9 Å². The van der Waals surface area contributed by atoms with Crippen molar-refractivity contribution in [3.63, 3.8) is 0 Å². The number of piperazine rings is 1. The fourth-order valence-corrected chi connectivity index (χ4v) is 2.86. The van der Waals surface area contributed by atoms with E-state index in [0.717, 1.165) is 25.2 Å². The minimum Gasteiger partial charge on any atom is -0.368 e. The molecule has 1 aromatic heterocycles. The van der Waals surface area contributed by atoms with Gasteiger partial charge in [0.2, 0.25) is 0 Å². The molecule has 122 valence electrons. The van der Waals surface area contributed by atoms with Crippen molar-refractivity contribution < 1.29 is 13.2 Å². The Morgan fingerprint density at radius 3 is 2.26 bits per heavy atom. The molecule has 1 aliphatic rings. The van der Waals surface area contributed by atoms with Crippen LogP contribution in [0.1, 0.15) is 11.1 Å². The Morgan fingerprint density at radius 1 is 0.957 bits per heavy atom. The first-order valence-corrected chi connectivity index (χ1v) is 7.54. The molecular formula is C17H18F3N3. The van der Waals surface area contributed by atoms with E-state index in [1.165, 1.54) is 17.4 Å². The maximum absolute atomic E-state index is 12.8. The summed E-state index contributed by atoms with van der Waals surface area (Å²) in [4.78, 5) is 8.27. The van der Waals surface area contributed by atoms with Gasteiger partial charge in [-0.05, 0) is 30.7 Å². The SMILES string of the molecule is Cc1ccccc1N1CCN(c2cc(C(F)(F)F)ccn2)CC1. The highest BCUT2D eigenvalue weighted by molar-refractivity contribution is 5.54. The minimum atomic E-state index is -4.33. The fraction of sp³-hybridized carbons (Fsp3) is 0.353. The molecule has 0 saturated carbocycles. The Morgan fingerprint density at radius 2 is 1.61 bits per heavy atom. The Hall–Kier alpha value is -2.24. The number of halogens is 3. The highest BCUT2D eigenvalue weighted by atomic mass is 19.4. The maximum Gasteiger partial charge on any atom is 0.416 e. The fourth-order valence-electron chi connectivity index (χ4n) is 2.86. The molecule has 0 amide bonds. The number of aryl methyl sites for hydroxylation is 1. The first kappa shape index (κ1) is 15.6. The molecule has 0 radical (unpaired) electrons. The summed E-state index contributed by atoms with van der Waals surface area (Å²) in [5.41, 5.74) is 1.74. The van der Waals surface area contributed by atoms with Gasteiger partial charge < -0.3 is 9.80 Å². The molecule has 0 atom stereocenters. The van der Waals surface area contributed by atoms with E-state index in [4.69, 9.17) is 0 Å². The number of hydrogen-bond donors (Lipinski definition) is 0. The standard InChI is InChI=1S/C17H18F3N3/c1-13-4-2-3-5-15(13)22-8-10-23(11-9-22)16-12-14(6-7-21-16)17(18,19)20/h2-7,12H,8-11H2,1H3. The maximum atomic E-state index is 12.8. The number of anilines is 2. The van der Waals surface area contributed by atoms with Crippen LogP contribution >= 0.6 is 0 Å². The lowest BCUT2D eigenvalue weighted by molar-refractivity contribution is -0.137. The summed E-state index contributed by atoms with van der Waals surface area (Å²) in [5.74, 6) is 0.393. The molecule has 1 aromatic carbocycles. The van der Waals surface area contributed by atoms with E-state index in [9.17, 15) is 13.2 Å². The van der Waals surface area contributed by atoms with Crippen LogP contribution in [-0.4, -0.2) is 31.2 Å². The molecule has 0 bridgehead atoms. The van der Waals surface area contributed by atoms with E-state index in [1.807, 2.05) is 17.0 Å². The molecule has 1 aliphatic heterocycles. The number of para-hydroxylation sites is 1. The Kier molecular flexibility index (Phi) is 4.15. The van der Waals surface area contributed by atoms with Gasteiger partial charge >= 0.3 is 6.18 Å². The molecule has 0 spiro atoms. The summed E-state index contributed by atoms with van der Waals surface area (Å²) < 4.78 is 38.4. The highest BCUT2D eigenvalue weighted by Gasteiger charge is 2.31. The van der Waals surface area contributed by atoms with Crippen molar-refractivity contribution in [3.05, 3.63) is 53.7 Å². The van der Waals surface area contributed by atoms with Crippen molar-refractivity contribution >= 4 is 11.5 Å². The first-order chi connectivity index (χ1) is 10.9. The highest BCUT2D eigenvalue weighted by Crippen LogP contribution is 2.31. The molecule has 3 nitrogen and oxygen atoms in total. The van der Waals surface area contributed by atoms with E-state index < -0.39 is 11.7 Å². The van der Waals surface area contributed by atoms with Crippen LogP contribution < -0.4 is 9.80 Å². The van der Waals surface area contributed by atoms with Gasteiger partial charge in [0.1, 0.15) is 5.82 Å². The number of hydrogen-bond acceptors (Lipinski definition) is 3. The predicted molar refractivity (Wildman–Crippen MR) is 84.8 cm³/mol. The number of nitrogens with zero attached hydrogens (tertiary/aromatic N) is 3. The normalized spacial score (nSPS) is 15.8. The third-order valence-corrected chi connectivity index (χ3v) is 4.13. The summed E-state index contributed by atoms with van der Waals surface area (Å²) in [6.45, 7) is 4.91. The van der Waals surface area contributed by atoms with Gasteiger partial charge in [0.25, 0.3) is 0 Å². The first-order valence-electron chi connectivity index (χ1n) is 7.54. The molecule has 2 aromatic rings. The number of benzene rings is 1. The van der Waals surface area contributed by atoms with E-state index in [0.29, 0.717) is 18.9 Å². The number of rotatable bonds is 2. The van der Waals surface area contributed by atoms with E-state index in [1.54, 1.807) is 0 Å². The summed E-state index contributed by atoms with van der Waals surface area (Å²) in [6.07, 6.45) is -3.10. The molecular weight excluding hydrogens is 303 g/mol. The molecule has 3 rings (SSSR count). The van der Waals surface area contributed by atoms with Gasteiger partial charge in [0.05, 0.1) is 5.56 Å². The van der Waals surface area contributed by atoms with Crippen molar-refractivity contribution in [1.29, 1.82) is 0 Å². The van der Waals surface area contributed by atoms with Gasteiger partial charge in [-0.15, -0.1) is 0 Å². The second-order valence-corrected chi connectivity index (χ2v) is 5.66. The van der Waals surface area contributed by atoms with E-state index >= 15 is 0 Å². The molecule has 2 heterocycles. The number of alkyl halides is 3. The second kappa shape index (κ2) is 6.10. The van der Waals surface area contributed by atoms with Gasteiger partial charge in [-0.3, -0.25) is 0 Å². The monoisotopic (exact) mass is 321 g/mol. The second-order valence-electron chi connectivity index (χ2n) is 5.66. The van der Waals surface area contributed by atoms with Crippen molar-refractivity contribution in [3.8, 4) is 0 Å². The third kappa shape index (κ3) is 3.41. The molecule has 0 aliphatic carbocycles. The lowest BCUT2D eigenvalue weighted by Gasteiger charge is -2.37. The van der Waals surface area contributed by atoms with Crippen LogP contribution in [0.5, 0.6) is 0 Å². The summed E-state index contributed by atoms with van der Waals surface area (Å²) in [5, 5.41) is 0. The predicted octanol–water partition coefficient (Wildman–Crippen LogP) is 3.74. The Bertz CT molecular complexity index is 677. The smallest absolute Gasteiger partial charge is 0.368 e. The lowest BCUT2D eigenvalue weighted by atomic mass is 10.1. The van der Waals surface area contributed by atoms with Gasteiger partial charge in [0, 0.05) is 38.1 Å². The molecule has 1 fully saturated rings. The van der Waals surface area contributed by atoms with Crippen LogP contribution in [0.2, 0.25) is 0 Å². The van der Waals surface area contributed by atoms with Gasteiger partial charge in [-0.2, -0.15) is 13.2 Å². The van der Waals surface area contributed by atoms with Gasteiger partial charge in [-0.1, -0.05) is 18.2 Å². The van der Waals surface area contributed by atoms with Crippen LogP contribution in [0, 0.1) is 6.92 Å². The van der Waals surface area contributed by atoms with Gasteiger partial charge in [0.15, 0.2) is 0 Å². The topological polar surface area (TPSA) is 19.4 Å². The van der Waals surface area contributed by atoms with Gasteiger partial charge in [-0.25, -0.2) is 4.98 Å². The molecule has 0 unspecified atom stereocenters. The van der Waals surface area contributed by atoms with Crippen LogP contribution in [0.3, 0.4) is 0 Å². The Balaban J connectivity index is 1.71. The van der Waals surface area contributed by atoms with Crippen LogP contribution in [0.15, 0.2) is 42.6 Å². The zero-order chi connectivity index (χ0) is 16.4. The average molecular weight is 321 g/mol. The van der Waals surface area contributed by atoms with Crippen molar-refractivity contribution in [2.75, 3.05) is 36.0 Å². The number of pyridine rings is 1. The molecule has 23 heavy (non-hydrogen) atoms. The van der Waals surface area contributed by atoms with Crippen LogP contribution in [0.25, 0.3) is 0 Å². The summed E-state index contributed by atoms with van der Waals surface area (Å²) >= 11 is 0. The molecule has 1 saturated heterocycles. The lowest BCUT2D eigenvalue weighted by Crippen LogP contribution is -2.47. The minimum absolute atomic E-state index is 0.393. The largest absolute Gasteiger partial charge is 0.416 e. The van der Waals surface area contributed by atoms with Crippen molar-refractivity contribution in [1.82, 2.24) is 4.98 Å². The van der Waals surface area contributed by atoms with Crippen LogP contribution in [-0.2, 0) is 6.18 Å². The molecule has 0 N–H and O–H groups in total.